The summed E-state index contributed by atoms with van der Waals surface area (Å²) in [6.45, 7) is 6.21. The molecule has 0 fully saturated rings. The molecule has 0 bridgehead atoms. The van der Waals surface area contributed by atoms with Crippen molar-refractivity contribution in [3.05, 3.63) is 40.7 Å². The Labute approximate surface area is 162 Å². The molecule has 3 heterocycles. The van der Waals surface area contributed by atoms with E-state index in [9.17, 15) is 14.4 Å². The average Bonchev–Trinajstić information content (AvgIpc) is 3.09. The van der Waals surface area contributed by atoms with E-state index in [2.05, 4.69) is 15.0 Å². The minimum atomic E-state index is -0.589. The van der Waals surface area contributed by atoms with E-state index in [1.165, 1.54) is 20.8 Å². The number of hydrogen-bond acceptors (Lipinski definition) is 7. The van der Waals surface area contributed by atoms with Crippen LogP contribution in [-0.2, 0) is 32.1 Å². The van der Waals surface area contributed by atoms with Crippen molar-refractivity contribution in [2.24, 2.45) is 0 Å². The second-order valence-electron chi connectivity index (χ2n) is 6.62. The quantitative estimate of drug-likeness (QED) is 0.794. The van der Waals surface area contributed by atoms with Gasteiger partial charge >= 0.3 is 11.9 Å². The molecule has 0 radical (unpaired) electrons. The lowest BCUT2D eigenvalue weighted by Crippen LogP contribution is -2.40. The number of ether oxygens (including phenoxy) is 2. The monoisotopic (exact) mass is 386 g/mol. The molecule has 0 aromatic carbocycles. The van der Waals surface area contributed by atoms with Gasteiger partial charge in [0.2, 0.25) is 5.91 Å². The number of aromatic nitrogens is 3. The number of aryl methyl sites for hydroxylation is 1. The van der Waals surface area contributed by atoms with Crippen molar-refractivity contribution < 1.29 is 23.9 Å². The van der Waals surface area contributed by atoms with Crippen LogP contribution in [0.3, 0.4) is 0 Å². The zero-order valence-corrected chi connectivity index (χ0v) is 16.2. The predicted molar refractivity (Wildman–Crippen MR) is 97.3 cm³/mol. The first-order valence-corrected chi connectivity index (χ1v) is 8.89. The van der Waals surface area contributed by atoms with E-state index >= 15 is 0 Å². The molecule has 148 valence electrons. The van der Waals surface area contributed by atoms with E-state index in [1.54, 1.807) is 24.3 Å². The summed E-state index contributed by atoms with van der Waals surface area (Å²) in [5, 5.41) is 0. The molecular formula is C19H22N4O5. The largest absolute Gasteiger partial charge is 0.461 e. The predicted octanol–water partition coefficient (Wildman–Crippen LogP) is 1.60. The summed E-state index contributed by atoms with van der Waals surface area (Å²) in [7, 11) is 0. The van der Waals surface area contributed by atoms with Gasteiger partial charge in [-0.15, -0.1) is 0 Å². The molecule has 0 saturated heterocycles. The molecule has 9 heteroatoms. The number of fused-ring (bicyclic) bond motifs is 1. The zero-order chi connectivity index (χ0) is 20.4. The van der Waals surface area contributed by atoms with Crippen LogP contribution in [0.15, 0.2) is 12.5 Å². The Balaban J connectivity index is 2.24. The first-order valence-electron chi connectivity index (χ1n) is 8.89. The lowest BCUT2D eigenvalue weighted by Gasteiger charge is -2.36. The second kappa shape index (κ2) is 7.79. The molecule has 2 aromatic rings. The van der Waals surface area contributed by atoms with Crippen molar-refractivity contribution in [2.75, 3.05) is 6.54 Å². The number of carbonyl (C=O) groups is 3. The van der Waals surface area contributed by atoms with E-state index in [4.69, 9.17) is 9.47 Å². The van der Waals surface area contributed by atoms with Crippen LogP contribution in [0.5, 0.6) is 5.75 Å². The molecule has 1 N–H and O–H groups in total. The molecule has 1 amide bonds. The van der Waals surface area contributed by atoms with Crippen molar-refractivity contribution in [3.63, 3.8) is 0 Å². The van der Waals surface area contributed by atoms with Crippen LogP contribution in [-0.4, -0.2) is 44.2 Å². The number of pyridine rings is 1. The third kappa shape index (κ3) is 3.73. The number of nitrogens with zero attached hydrogens (tertiary/aromatic N) is 3. The highest BCUT2D eigenvalue weighted by molar-refractivity contribution is 5.76. The van der Waals surface area contributed by atoms with Gasteiger partial charge in [0.05, 0.1) is 17.7 Å². The van der Waals surface area contributed by atoms with Crippen LogP contribution >= 0.6 is 0 Å². The van der Waals surface area contributed by atoms with E-state index in [0.29, 0.717) is 35.5 Å². The fourth-order valence-electron chi connectivity index (χ4n) is 3.42. The molecular weight excluding hydrogens is 364 g/mol. The van der Waals surface area contributed by atoms with Gasteiger partial charge in [0.1, 0.15) is 12.6 Å². The smallest absolute Gasteiger partial charge is 0.308 e. The number of H-pyrrole nitrogens is 1. The summed E-state index contributed by atoms with van der Waals surface area (Å²) in [6, 6.07) is -0.589. The van der Waals surface area contributed by atoms with Gasteiger partial charge in [0, 0.05) is 56.8 Å². The van der Waals surface area contributed by atoms with Gasteiger partial charge in [-0.1, -0.05) is 0 Å². The average molecular weight is 386 g/mol. The third-order valence-corrected chi connectivity index (χ3v) is 4.61. The summed E-state index contributed by atoms with van der Waals surface area (Å²) in [5.74, 6) is -0.846. The van der Waals surface area contributed by atoms with Gasteiger partial charge < -0.3 is 19.4 Å². The van der Waals surface area contributed by atoms with E-state index in [1.807, 2.05) is 0 Å². The summed E-state index contributed by atoms with van der Waals surface area (Å²) in [4.78, 5) is 49.0. The topological polar surface area (TPSA) is 114 Å². The molecule has 1 aliphatic heterocycles. The highest BCUT2D eigenvalue weighted by Gasteiger charge is 2.37. The zero-order valence-electron chi connectivity index (χ0n) is 16.2. The van der Waals surface area contributed by atoms with Gasteiger partial charge in [0.25, 0.3) is 0 Å². The normalized spacial score (nSPS) is 15.7. The minimum absolute atomic E-state index is 0.0613. The van der Waals surface area contributed by atoms with Gasteiger partial charge in [-0.05, 0) is 6.92 Å². The van der Waals surface area contributed by atoms with Crippen LogP contribution in [0.2, 0.25) is 0 Å². The SMILES string of the molecule is CC(=O)OCc1cnc(C)c(OC(C)=O)c1C1c2nc[nH]c2CCN1C(C)=O. The molecule has 28 heavy (non-hydrogen) atoms. The van der Waals surface area contributed by atoms with Crippen LogP contribution < -0.4 is 4.74 Å². The maximum atomic E-state index is 12.4. The molecule has 1 atom stereocenters. The Morgan fingerprint density at radius 2 is 1.96 bits per heavy atom. The Hall–Kier alpha value is -3.23. The molecule has 1 unspecified atom stereocenters. The molecule has 2 aromatic heterocycles. The fourth-order valence-corrected chi connectivity index (χ4v) is 3.42. The second-order valence-corrected chi connectivity index (χ2v) is 6.62. The van der Waals surface area contributed by atoms with Crippen molar-refractivity contribution in [2.45, 2.75) is 46.8 Å². The number of imidazole rings is 1. The van der Waals surface area contributed by atoms with E-state index in [0.717, 1.165) is 5.69 Å². The summed E-state index contributed by atoms with van der Waals surface area (Å²) >= 11 is 0. The molecule has 9 nitrogen and oxygen atoms in total. The van der Waals surface area contributed by atoms with Crippen molar-refractivity contribution in [1.82, 2.24) is 19.9 Å². The third-order valence-electron chi connectivity index (χ3n) is 4.61. The van der Waals surface area contributed by atoms with Crippen molar-refractivity contribution >= 4 is 17.8 Å². The van der Waals surface area contributed by atoms with Gasteiger partial charge in [-0.2, -0.15) is 0 Å². The number of carbonyl (C=O) groups excluding carboxylic acids is 3. The van der Waals surface area contributed by atoms with E-state index in [-0.39, 0.29) is 18.3 Å². The summed E-state index contributed by atoms with van der Waals surface area (Å²) in [5.41, 5.74) is 3.16. The number of rotatable bonds is 4. The van der Waals surface area contributed by atoms with E-state index < -0.39 is 18.0 Å². The number of esters is 2. The van der Waals surface area contributed by atoms with Crippen LogP contribution in [0.1, 0.15) is 55.0 Å². The Bertz CT molecular complexity index is 936. The Kier molecular flexibility index (Phi) is 5.43. The summed E-state index contributed by atoms with van der Waals surface area (Å²) in [6.07, 6.45) is 3.78. The first kappa shape index (κ1) is 19.5. The van der Waals surface area contributed by atoms with Crippen LogP contribution in [0, 0.1) is 6.92 Å². The highest BCUT2D eigenvalue weighted by Crippen LogP contribution is 2.41. The maximum absolute atomic E-state index is 12.4. The van der Waals surface area contributed by atoms with Crippen molar-refractivity contribution in [1.29, 1.82) is 0 Å². The first-order chi connectivity index (χ1) is 13.3. The number of hydrogen-bond donors (Lipinski definition) is 1. The fraction of sp³-hybridized carbons (Fsp3) is 0.421. The van der Waals surface area contributed by atoms with Crippen LogP contribution in [0.25, 0.3) is 0 Å². The molecule has 1 aliphatic rings. The standard InChI is InChI=1S/C19H22N4O5/c1-10-19(28-13(4)26)16(14(7-20-10)8-27-12(3)25)18-17-15(21-9-22-17)5-6-23(18)11(2)24/h7,9,18H,5-6,8H2,1-4H3,(H,21,22). The minimum Gasteiger partial charge on any atom is -0.461 e. The number of nitrogens with one attached hydrogen (secondary N) is 1. The van der Waals surface area contributed by atoms with Crippen LogP contribution in [0.4, 0.5) is 0 Å². The lowest BCUT2D eigenvalue weighted by molar-refractivity contribution is -0.142. The van der Waals surface area contributed by atoms with Crippen molar-refractivity contribution in [3.8, 4) is 5.75 Å². The Morgan fingerprint density at radius 3 is 2.61 bits per heavy atom. The molecule has 0 aliphatic carbocycles. The number of amides is 1. The molecule has 0 saturated carbocycles. The molecule has 0 spiro atoms. The maximum Gasteiger partial charge on any atom is 0.308 e. The molecule has 3 rings (SSSR count). The van der Waals surface area contributed by atoms with Gasteiger partial charge in [-0.25, -0.2) is 4.98 Å². The summed E-state index contributed by atoms with van der Waals surface area (Å²) < 4.78 is 10.7. The number of aromatic amines is 1. The van der Waals surface area contributed by atoms with Gasteiger partial charge in [-0.3, -0.25) is 19.4 Å². The Morgan fingerprint density at radius 1 is 1.21 bits per heavy atom. The van der Waals surface area contributed by atoms with Gasteiger partial charge in [0.15, 0.2) is 5.75 Å². The highest BCUT2D eigenvalue weighted by atomic mass is 16.5. The lowest BCUT2D eigenvalue weighted by atomic mass is 9.91.